The van der Waals surface area contributed by atoms with Crippen LogP contribution in [0.4, 0.5) is 0 Å². The van der Waals surface area contributed by atoms with Gasteiger partial charge in [-0.1, -0.05) is 0 Å². The van der Waals surface area contributed by atoms with Crippen LogP contribution in [-0.2, 0) is 50.0 Å². The van der Waals surface area contributed by atoms with E-state index in [9.17, 15) is 19.2 Å². The molecule has 0 aromatic carbocycles. The molecule has 0 bridgehead atoms. The number of ether oxygens (including phenoxy) is 4. The highest BCUT2D eigenvalue weighted by Gasteiger charge is 2.55. The minimum absolute atomic E-state index is 0.0111. The van der Waals surface area contributed by atoms with Crippen molar-refractivity contribution in [1.82, 2.24) is 0 Å². The summed E-state index contributed by atoms with van der Waals surface area (Å²) >= 11 is 0. The van der Waals surface area contributed by atoms with Crippen molar-refractivity contribution in [1.29, 1.82) is 0 Å². The number of esters is 4. The Bertz CT molecular complexity index is 671. The molecule has 0 aliphatic heterocycles. The third-order valence-corrected chi connectivity index (χ3v) is 3.70. The van der Waals surface area contributed by atoms with Gasteiger partial charge in [0.15, 0.2) is 0 Å². The third kappa shape index (κ3) is 5.83. The van der Waals surface area contributed by atoms with Crippen LogP contribution < -0.4 is 0 Å². The van der Waals surface area contributed by atoms with Crippen LogP contribution in [0.5, 0.6) is 0 Å². The molecule has 1 heterocycles. The summed E-state index contributed by atoms with van der Waals surface area (Å²) in [6.07, 6.45) is -0.407. The van der Waals surface area contributed by atoms with Gasteiger partial charge in [-0.15, -0.1) is 0 Å². The predicted molar refractivity (Wildman–Crippen MR) is 95.2 cm³/mol. The van der Waals surface area contributed by atoms with Gasteiger partial charge in [0.2, 0.25) is 5.41 Å². The van der Waals surface area contributed by atoms with E-state index in [2.05, 4.69) is 0 Å². The summed E-state index contributed by atoms with van der Waals surface area (Å²) in [5, 5.41) is 0. The van der Waals surface area contributed by atoms with Gasteiger partial charge < -0.3 is 23.4 Å². The average Bonchev–Trinajstić information content (AvgIpc) is 3.09. The topological polar surface area (TPSA) is 118 Å². The summed E-state index contributed by atoms with van der Waals surface area (Å²) in [5.74, 6) is -2.90. The average molecular weight is 398 g/mol. The number of carbonyl (C=O) groups is 4. The van der Waals surface area contributed by atoms with E-state index in [0.29, 0.717) is 5.76 Å². The molecule has 1 aromatic rings. The Hall–Kier alpha value is -2.84. The van der Waals surface area contributed by atoms with E-state index in [1.807, 2.05) is 0 Å². The maximum absolute atomic E-state index is 12.8. The number of carbonyl (C=O) groups excluding carboxylic acids is 4. The monoisotopic (exact) mass is 398 g/mol. The van der Waals surface area contributed by atoms with Crippen molar-refractivity contribution < 1.29 is 42.5 Å². The van der Waals surface area contributed by atoms with E-state index < -0.39 is 35.7 Å². The third-order valence-electron chi connectivity index (χ3n) is 3.70. The van der Waals surface area contributed by atoms with Gasteiger partial charge in [0.05, 0.1) is 32.8 Å². The maximum atomic E-state index is 12.8. The molecule has 28 heavy (non-hydrogen) atoms. The van der Waals surface area contributed by atoms with E-state index in [4.69, 9.17) is 23.4 Å². The van der Waals surface area contributed by atoms with Gasteiger partial charge in [-0.3, -0.25) is 19.2 Å². The standard InChI is InChI=1S/C19H26O9/c1-5-24-16(21)12-19(17(22)25-6-2,18(23)26-7-3)15-9-8-14(28-15)10-11-27-13(4)20/h8-9H,5-7,10-12H2,1-4H3. The zero-order valence-corrected chi connectivity index (χ0v) is 16.6. The molecule has 0 aliphatic rings. The first-order chi connectivity index (χ1) is 13.3. The minimum atomic E-state index is -2.13. The SMILES string of the molecule is CCOC(=O)CC(C(=O)OCC)(C(=O)OCC)c1ccc(CCOC(C)=O)o1. The Balaban J connectivity index is 3.31. The molecule has 0 unspecified atom stereocenters. The molecule has 9 heteroatoms. The van der Waals surface area contributed by atoms with Crippen molar-refractivity contribution in [2.24, 2.45) is 0 Å². The van der Waals surface area contributed by atoms with Gasteiger partial charge in [-0.05, 0) is 32.9 Å². The van der Waals surface area contributed by atoms with Gasteiger partial charge in [0, 0.05) is 13.3 Å². The number of furan rings is 1. The molecular formula is C19H26O9. The van der Waals surface area contributed by atoms with Crippen LogP contribution >= 0.6 is 0 Å². The Labute approximate surface area is 163 Å². The van der Waals surface area contributed by atoms with Crippen molar-refractivity contribution in [3.63, 3.8) is 0 Å². The quantitative estimate of drug-likeness (QED) is 0.312. The largest absolute Gasteiger partial charge is 0.466 e. The van der Waals surface area contributed by atoms with Crippen LogP contribution in [0.1, 0.15) is 45.6 Å². The molecule has 0 N–H and O–H groups in total. The van der Waals surface area contributed by atoms with Crippen LogP contribution in [-0.4, -0.2) is 50.3 Å². The minimum Gasteiger partial charge on any atom is -0.466 e. The first kappa shape index (κ1) is 23.2. The zero-order chi connectivity index (χ0) is 21.2. The molecule has 0 saturated carbocycles. The Kier molecular flexibility index (Phi) is 9.20. The second kappa shape index (κ2) is 11.1. The number of hydrogen-bond donors (Lipinski definition) is 0. The molecule has 1 rings (SSSR count). The fourth-order valence-corrected chi connectivity index (χ4v) is 2.49. The smallest absolute Gasteiger partial charge is 0.332 e. The van der Waals surface area contributed by atoms with Crippen molar-refractivity contribution >= 4 is 23.9 Å². The molecule has 0 amide bonds. The van der Waals surface area contributed by atoms with Gasteiger partial charge in [0.1, 0.15) is 11.5 Å². The summed E-state index contributed by atoms with van der Waals surface area (Å²) in [6, 6.07) is 2.92. The van der Waals surface area contributed by atoms with Crippen molar-refractivity contribution in [2.45, 2.75) is 46.0 Å². The fourth-order valence-electron chi connectivity index (χ4n) is 2.49. The van der Waals surface area contributed by atoms with Crippen LogP contribution in [0.3, 0.4) is 0 Å². The van der Waals surface area contributed by atoms with Crippen molar-refractivity contribution in [3.05, 3.63) is 23.7 Å². The van der Waals surface area contributed by atoms with E-state index >= 15 is 0 Å². The Morgan fingerprint density at radius 1 is 0.893 bits per heavy atom. The summed E-state index contributed by atoms with van der Waals surface area (Å²) in [7, 11) is 0. The summed E-state index contributed by atoms with van der Waals surface area (Å²) in [5.41, 5.74) is -2.13. The van der Waals surface area contributed by atoms with E-state index in [1.165, 1.54) is 19.1 Å². The highest BCUT2D eigenvalue weighted by Crippen LogP contribution is 2.34. The molecule has 0 spiro atoms. The van der Waals surface area contributed by atoms with Gasteiger partial charge in [-0.25, -0.2) is 0 Å². The first-order valence-corrected chi connectivity index (χ1v) is 9.04. The zero-order valence-electron chi connectivity index (χ0n) is 16.6. The lowest BCUT2D eigenvalue weighted by molar-refractivity contribution is -0.170. The molecule has 0 fully saturated rings. The molecule has 0 aliphatic carbocycles. The fraction of sp³-hybridized carbons (Fsp3) is 0.579. The van der Waals surface area contributed by atoms with E-state index in [1.54, 1.807) is 20.8 Å². The van der Waals surface area contributed by atoms with Crippen molar-refractivity contribution in [3.8, 4) is 0 Å². The summed E-state index contributed by atoms with van der Waals surface area (Å²) in [4.78, 5) is 48.6. The van der Waals surface area contributed by atoms with Gasteiger partial charge in [0.25, 0.3) is 0 Å². The second-order valence-electron chi connectivity index (χ2n) is 5.68. The van der Waals surface area contributed by atoms with Crippen LogP contribution in [0.2, 0.25) is 0 Å². The van der Waals surface area contributed by atoms with Gasteiger partial charge >= 0.3 is 23.9 Å². The highest BCUT2D eigenvalue weighted by atomic mass is 16.6. The number of hydrogen-bond acceptors (Lipinski definition) is 9. The lowest BCUT2D eigenvalue weighted by atomic mass is 9.81. The molecule has 9 nitrogen and oxygen atoms in total. The molecule has 0 radical (unpaired) electrons. The molecule has 0 saturated heterocycles. The number of rotatable bonds is 11. The first-order valence-electron chi connectivity index (χ1n) is 9.04. The summed E-state index contributed by atoms with van der Waals surface area (Å²) < 4.78 is 25.5. The van der Waals surface area contributed by atoms with Crippen LogP contribution in [0.15, 0.2) is 16.5 Å². The molecular weight excluding hydrogens is 372 g/mol. The highest BCUT2D eigenvalue weighted by molar-refractivity contribution is 6.08. The van der Waals surface area contributed by atoms with Crippen molar-refractivity contribution in [2.75, 3.05) is 26.4 Å². The normalized spacial score (nSPS) is 10.9. The van der Waals surface area contributed by atoms with Crippen LogP contribution in [0, 0.1) is 0 Å². The summed E-state index contributed by atoms with van der Waals surface area (Å²) in [6.45, 7) is 6.15. The predicted octanol–water partition coefficient (Wildman–Crippen LogP) is 1.70. The Morgan fingerprint density at radius 2 is 1.46 bits per heavy atom. The maximum Gasteiger partial charge on any atom is 0.332 e. The molecule has 0 atom stereocenters. The lowest BCUT2D eigenvalue weighted by Crippen LogP contribution is -2.48. The lowest BCUT2D eigenvalue weighted by Gasteiger charge is -2.26. The van der Waals surface area contributed by atoms with E-state index in [0.717, 1.165) is 0 Å². The van der Waals surface area contributed by atoms with Gasteiger partial charge in [-0.2, -0.15) is 0 Å². The van der Waals surface area contributed by atoms with Crippen LogP contribution in [0.25, 0.3) is 0 Å². The molecule has 156 valence electrons. The molecule has 1 aromatic heterocycles. The second-order valence-corrected chi connectivity index (χ2v) is 5.68. The van der Waals surface area contributed by atoms with E-state index in [-0.39, 0.29) is 38.6 Å². The Morgan fingerprint density at radius 3 is 1.96 bits per heavy atom.